The Hall–Kier alpha value is -2.27. The quantitative estimate of drug-likeness (QED) is 0.596. The van der Waals surface area contributed by atoms with Gasteiger partial charge in [0.15, 0.2) is 0 Å². The Morgan fingerprint density at radius 3 is 1.85 bits per heavy atom. The highest BCUT2D eigenvalue weighted by molar-refractivity contribution is 6.30. The van der Waals surface area contributed by atoms with Crippen molar-refractivity contribution in [1.29, 1.82) is 0 Å². The second-order valence-corrected chi connectivity index (χ2v) is 7.59. The van der Waals surface area contributed by atoms with Gasteiger partial charge >= 0.3 is 6.18 Å². The molecule has 2 aromatic carbocycles. The van der Waals surface area contributed by atoms with Crippen molar-refractivity contribution in [2.45, 2.75) is 20.0 Å². The summed E-state index contributed by atoms with van der Waals surface area (Å²) in [6.07, 6.45) is -3.63. The maximum absolute atomic E-state index is 13.3. The molecule has 142 valence electrons. The van der Waals surface area contributed by atoms with Crippen molar-refractivity contribution in [3.63, 3.8) is 0 Å². The highest BCUT2D eigenvalue weighted by Crippen LogP contribution is 2.61. The van der Waals surface area contributed by atoms with Gasteiger partial charge in [0.2, 0.25) is 5.91 Å². The van der Waals surface area contributed by atoms with Gasteiger partial charge in [-0.05, 0) is 35.6 Å². The van der Waals surface area contributed by atoms with Gasteiger partial charge in [0.25, 0.3) is 0 Å². The number of alkyl halides is 3. The molecular formula is C21H19ClF3NO. The lowest BCUT2D eigenvalue weighted by molar-refractivity contribution is -0.119. The molecule has 0 bridgehead atoms. The van der Waals surface area contributed by atoms with Crippen LogP contribution >= 0.6 is 11.6 Å². The van der Waals surface area contributed by atoms with E-state index < -0.39 is 28.5 Å². The molecule has 6 heteroatoms. The molecule has 2 aromatic rings. The van der Waals surface area contributed by atoms with Gasteiger partial charge in [-0.1, -0.05) is 67.9 Å². The van der Waals surface area contributed by atoms with Crippen LogP contribution in [0.4, 0.5) is 24.5 Å². The van der Waals surface area contributed by atoms with Gasteiger partial charge in [0.1, 0.15) is 5.03 Å². The fraction of sp³-hybridized carbons (Fsp3) is 0.286. The Labute approximate surface area is 161 Å². The van der Waals surface area contributed by atoms with E-state index in [4.69, 9.17) is 11.6 Å². The van der Waals surface area contributed by atoms with Gasteiger partial charge in [0, 0.05) is 11.4 Å². The molecule has 0 radical (unpaired) electrons. The molecule has 2 unspecified atom stereocenters. The lowest BCUT2D eigenvalue weighted by atomic mass is 10.1. The molecule has 3 rings (SSSR count). The van der Waals surface area contributed by atoms with E-state index >= 15 is 0 Å². The van der Waals surface area contributed by atoms with E-state index in [0.29, 0.717) is 11.4 Å². The molecule has 1 saturated carbocycles. The summed E-state index contributed by atoms with van der Waals surface area (Å²) < 4.78 is 38.4. The van der Waals surface area contributed by atoms with E-state index in [9.17, 15) is 18.0 Å². The fourth-order valence-electron chi connectivity index (χ4n) is 3.41. The fourth-order valence-corrected chi connectivity index (χ4v) is 3.55. The van der Waals surface area contributed by atoms with Gasteiger partial charge in [-0.15, -0.1) is 0 Å². The van der Waals surface area contributed by atoms with Gasteiger partial charge in [-0.25, -0.2) is 0 Å². The molecule has 2 atom stereocenters. The van der Waals surface area contributed by atoms with E-state index in [1.807, 2.05) is 36.4 Å². The predicted octanol–water partition coefficient (Wildman–Crippen LogP) is 6.31. The number of allylic oxidation sites excluding steroid dienone is 2. The van der Waals surface area contributed by atoms with Crippen molar-refractivity contribution in [2.75, 3.05) is 4.90 Å². The number of rotatable bonds is 4. The lowest BCUT2D eigenvalue weighted by Crippen LogP contribution is -2.29. The summed E-state index contributed by atoms with van der Waals surface area (Å²) in [5, 5.41) is -1.18. The number of carbonyl (C=O) groups excluding carboxylic acids is 1. The van der Waals surface area contributed by atoms with Gasteiger partial charge < -0.3 is 0 Å². The molecule has 0 N–H and O–H groups in total. The number of hydrogen-bond donors (Lipinski definition) is 0. The number of anilines is 2. The minimum Gasteiger partial charge on any atom is -0.281 e. The number of halogens is 4. The maximum atomic E-state index is 13.3. The highest BCUT2D eigenvalue weighted by Gasteiger charge is 2.62. The highest BCUT2D eigenvalue weighted by atomic mass is 35.5. The number of amides is 1. The summed E-state index contributed by atoms with van der Waals surface area (Å²) in [6, 6.07) is 18.1. The van der Waals surface area contributed by atoms with E-state index in [2.05, 4.69) is 0 Å². The topological polar surface area (TPSA) is 20.3 Å². The predicted molar refractivity (Wildman–Crippen MR) is 101 cm³/mol. The van der Waals surface area contributed by atoms with Crippen molar-refractivity contribution in [1.82, 2.24) is 0 Å². The smallest absolute Gasteiger partial charge is 0.281 e. The molecular weight excluding hydrogens is 375 g/mol. The molecule has 0 aromatic heterocycles. The molecule has 0 heterocycles. The number of carbonyl (C=O) groups is 1. The molecule has 0 saturated heterocycles. The molecule has 0 aliphatic heterocycles. The van der Waals surface area contributed by atoms with Crippen LogP contribution in [0, 0.1) is 17.3 Å². The monoisotopic (exact) mass is 393 g/mol. The minimum absolute atomic E-state index is 0.245. The normalized spacial score (nSPS) is 21.6. The Balaban J connectivity index is 1.96. The van der Waals surface area contributed by atoms with Crippen LogP contribution in [0.3, 0.4) is 0 Å². The summed E-state index contributed by atoms with van der Waals surface area (Å²) in [6.45, 7) is 3.57. The van der Waals surface area contributed by atoms with Crippen molar-refractivity contribution in [3.8, 4) is 0 Å². The minimum atomic E-state index is -4.60. The number of hydrogen-bond acceptors (Lipinski definition) is 1. The molecule has 1 aliphatic carbocycles. The van der Waals surface area contributed by atoms with E-state index in [1.54, 1.807) is 43.0 Å². The zero-order valence-electron chi connectivity index (χ0n) is 14.9. The molecule has 1 aliphatic rings. The van der Waals surface area contributed by atoms with Crippen molar-refractivity contribution in [3.05, 3.63) is 71.8 Å². The average molecular weight is 394 g/mol. The Kier molecular flexibility index (Phi) is 5.08. The summed E-state index contributed by atoms with van der Waals surface area (Å²) in [7, 11) is 0. The zero-order chi connectivity index (χ0) is 19.8. The molecule has 27 heavy (non-hydrogen) atoms. The van der Waals surface area contributed by atoms with E-state index in [0.717, 1.165) is 6.08 Å². The van der Waals surface area contributed by atoms with Crippen LogP contribution in [0.25, 0.3) is 0 Å². The number of benzene rings is 2. The number of para-hydroxylation sites is 2. The van der Waals surface area contributed by atoms with Crippen molar-refractivity contribution < 1.29 is 18.0 Å². The van der Waals surface area contributed by atoms with Crippen LogP contribution in [-0.2, 0) is 4.79 Å². The van der Waals surface area contributed by atoms with Crippen LogP contribution in [0.5, 0.6) is 0 Å². The second kappa shape index (κ2) is 7.04. The SMILES string of the molecule is CC1(C)C(/C=C(/Cl)C(F)(F)F)C1C(=O)N(c1ccccc1)c1ccccc1. The van der Waals surface area contributed by atoms with Crippen molar-refractivity contribution >= 4 is 28.9 Å². The van der Waals surface area contributed by atoms with Crippen LogP contribution in [0.15, 0.2) is 71.8 Å². The largest absolute Gasteiger partial charge is 0.426 e. The summed E-state index contributed by atoms with van der Waals surface area (Å²) >= 11 is 5.41. The van der Waals surface area contributed by atoms with Crippen molar-refractivity contribution in [2.24, 2.45) is 17.3 Å². The first-order valence-electron chi connectivity index (χ1n) is 8.52. The first-order chi connectivity index (χ1) is 12.6. The Morgan fingerprint density at radius 1 is 1.00 bits per heavy atom. The third-order valence-electron chi connectivity index (χ3n) is 5.02. The molecule has 0 spiro atoms. The third kappa shape index (κ3) is 3.88. The molecule has 1 fully saturated rings. The summed E-state index contributed by atoms with van der Waals surface area (Å²) in [4.78, 5) is 14.9. The standard InChI is InChI=1S/C21H19ClF3NO/c1-20(2)16(13-17(22)21(23,24)25)18(20)19(27)26(14-9-5-3-6-10-14)15-11-7-4-8-12-15/h3-13,16,18H,1-2H3/b17-13+. The van der Waals surface area contributed by atoms with Crippen LogP contribution in [0.1, 0.15) is 13.8 Å². The lowest BCUT2D eigenvalue weighted by Gasteiger charge is -2.24. The second-order valence-electron chi connectivity index (χ2n) is 7.18. The maximum Gasteiger partial charge on any atom is 0.426 e. The van der Waals surface area contributed by atoms with Crippen LogP contribution in [-0.4, -0.2) is 12.1 Å². The molecule has 2 nitrogen and oxygen atoms in total. The van der Waals surface area contributed by atoms with Gasteiger partial charge in [0.05, 0.1) is 5.92 Å². The van der Waals surface area contributed by atoms with E-state index in [-0.39, 0.29) is 5.91 Å². The summed E-state index contributed by atoms with van der Waals surface area (Å²) in [5.74, 6) is -1.41. The zero-order valence-corrected chi connectivity index (χ0v) is 15.6. The van der Waals surface area contributed by atoms with Crippen LogP contribution in [0.2, 0.25) is 0 Å². The van der Waals surface area contributed by atoms with Crippen LogP contribution < -0.4 is 4.90 Å². The Bertz CT molecular complexity index is 807. The first-order valence-corrected chi connectivity index (χ1v) is 8.90. The van der Waals surface area contributed by atoms with Gasteiger partial charge in [-0.3, -0.25) is 9.69 Å². The molecule has 1 amide bonds. The number of nitrogens with zero attached hydrogens (tertiary/aromatic N) is 1. The Morgan fingerprint density at radius 2 is 1.44 bits per heavy atom. The van der Waals surface area contributed by atoms with Gasteiger partial charge in [-0.2, -0.15) is 13.2 Å². The first kappa shape index (κ1) is 19.5. The average Bonchev–Trinajstić information content (AvgIpc) is 3.16. The van der Waals surface area contributed by atoms with E-state index in [1.165, 1.54) is 0 Å². The summed E-state index contributed by atoms with van der Waals surface area (Å²) in [5.41, 5.74) is 0.728. The third-order valence-corrected chi connectivity index (χ3v) is 5.36.